The summed E-state index contributed by atoms with van der Waals surface area (Å²) in [6.45, 7) is 14.2. The molecule has 2 unspecified atom stereocenters. The summed E-state index contributed by atoms with van der Waals surface area (Å²) in [5, 5.41) is 4.37. The molecule has 0 spiro atoms. The Morgan fingerprint density at radius 2 is 1.80 bits per heavy atom. The zero-order valence-electron chi connectivity index (χ0n) is 13.3. The van der Waals surface area contributed by atoms with Crippen LogP contribution in [0.4, 0.5) is 5.69 Å². The van der Waals surface area contributed by atoms with E-state index in [9.17, 15) is 0 Å². The predicted molar refractivity (Wildman–Crippen MR) is 88.6 cm³/mol. The molecule has 20 heavy (non-hydrogen) atoms. The molecule has 0 radical (unpaired) electrons. The SMILES string of the molecule is CC1CN(c2ccc(CNC(C)(C)C)cc2Cl)CC1C. The minimum absolute atomic E-state index is 0.130. The van der Waals surface area contributed by atoms with Crippen LogP contribution in [0, 0.1) is 11.8 Å². The van der Waals surface area contributed by atoms with E-state index in [1.807, 2.05) is 0 Å². The van der Waals surface area contributed by atoms with E-state index in [1.54, 1.807) is 0 Å². The zero-order chi connectivity index (χ0) is 14.9. The molecule has 0 bridgehead atoms. The Bertz CT molecular complexity index is 455. The van der Waals surface area contributed by atoms with Crippen molar-refractivity contribution in [2.45, 2.75) is 46.7 Å². The summed E-state index contributed by atoms with van der Waals surface area (Å²) in [7, 11) is 0. The van der Waals surface area contributed by atoms with E-state index in [2.05, 4.69) is 63.0 Å². The molecule has 0 amide bonds. The van der Waals surface area contributed by atoms with Crippen LogP contribution in [0.5, 0.6) is 0 Å². The number of hydrogen-bond acceptors (Lipinski definition) is 2. The van der Waals surface area contributed by atoms with E-state index >= 15 is 0 Å². The molecule has 1 aromatic rings. The van der Waals surface area contributed by atoms with Gasteiger partial charge >= 0.3 is 0 Å². The number of nitrogens with zero attached hydrogens (tertiary/aromatic N) is 1. The Labute approximate surface area is 128 Å². The molecule has 0 aromatic heterocycles. The van der Waals surface area contributed by atoms with E-state index in [4.69, 9.17) is 11.6 Å². The first-order chi connectivity index (χ1) is 9.26. The van der Waals surface area contributed by atoms with Gasteiger partial charge in [-0.2, -0.15) is 0 Å². The van der Waals surface area contributed by atoms with Crippen molar-refractivity contribution >= 4 is 17.3 Å². The van der Waals surface area contributed by atoms with E-state index in [-0.39, 0.29) is 5.54 Å². The smallest absolute Gasteiger partial charge is 0.0642 e. The minimum Gasteiger partial charge on any atom is -0.370 e. The van der Waals surface area contributed by atoms with Crippen molar-refractivity contribution < 1.29 is 0 Å². The summed E-state index contributed by atoms with van der Waals surface area (Å²) < 4.78 is 0. The lowest BCUT2D eigenvalue weighted by molar-refractivity contribution is 0.424. The van der Waals surface area contributed by atoms with Crippen LogP contribution in [0.3, 0.4) is 0 Å². The molecule has 1 aromatic carbocycles. The van der Waals surface area contributed by atoms with Gasteiger partial charge in [-0.25, -0.2) is 0 Å². The van der Waals surface area contributed by atoms with Crippen LogP contribution in [0.2, 0.25) is 5.02 Å². The number of halogens is 1. The average Bonchev–Trinajstić information content (AvgIpc) is 2.66. The van der Waals surface area contributed by atoms with Crippen LogP contribution in [0.15, 0.2) is 18.2 Å². The monoisotopic (exact) mass is 294 g/mol. The first-order valence-electron chi connectivity index (χ1n) is 7.54. The van der Waals surface area contributed by atoms with Crippen molar-refractivity contribution in [3.8, 4) is 0 Å². The second kappa shape index (κ2) is 5.95. The molecule has 1 aliphatic heterocycles. The lowest BCUT2D eigenvalue weighted by atomic mass is 10.0. The van der Waals surface area contributed by atoms with Crippen molar-refractivity contribution in [2.24, 2.45) is 11.8 Å². The second-order valence-corrected chi connectivity index (χ2v) is 7.66. The van der Waals surface area contributed by atoms with Gasteiger partial charge in [0.1, 0.15) is 0 Å². The van der Waals surface area contributed by atoms with E-state index in [0.717, 1.165) is 36.5 Å². The molecule has 3 heteroatoms. The van der Waals surface area contributed by atoms with Gasteiger partial charge in [0.15, 0.2) is 0 Å². The lowest BCUT2D eigenvalue weighted by Crippen LogP contribution is -2.35. The molecule has 2 nitrogen and oxygen atoms in total. The minimum atomic E-state index is 0.130. The van der Waals surface area contributed by atoms with Gasteiger partial charge in [-0.1, -0.05) is 31.5 Å². The summed E-state index contributed by atoms with van der Waals surface area (Å²) in [6.07, 6.45) is 0. The van der Waals surface area contributed by atoms with Crippen molar-refractivity contribution in [1.29, 1.82) is 0 Å². The Hall–Kier alpha value is -0.730. The Morgan fingerprint density at radius 1 is 1.20 bits per heavy atom. The molecular formula is C17H27ClN2. The van der Waals surface area contributed by atoms with Gasteiger partial charge in [0.2, 0.25) is 0 Å². The van der Waals surface area contributed by atoms with Gasteiger partial charge in [-0.3, -0.25) is 0 Å². The van der Waals surface area contributed by atoms with Crippen LogP contribution in [-0.2, 0) is 6.54 Å². The van der Waals surface area contributed by atoms with E-state index < -0.39 is 0 Å². The number of benzene rings is 1. The topological polar surface area (TPSA) is 15.3 Å². The standard InChI is InChI=1S/C17H27ClN2/c1-12-10-20(11-13(12)2)16-7-6-14(8-15(16)18)9-19-17(3,4)5/h6-8,12-13,19H,9-11H2,1-5H3. The Kier molecular flexibility index (Phi) is 4.66. The van der Waals surface area contributed by atoms with Gasteiger partial charge in [0, 0.05) is 25.2 Å². The fourth-order valence-corrected chi connectivity index (χ4v) is 2.93. The van der Waals surface area contributed by atoms with Crippen LogP contribution < -0.4 is 10.2 Å². The Morgan fingerprint density at radius 3 is 2.30 bits per heavy atom. The number of hydrogen-bond donors (Lipinski definition) is 1. The van der Waals surface area contributed by atoms with Crippen LogP contribution in [0.1, 0.15) is 40.2 Å². The average molecular weight is 295 g/mol. The molecule has 0 aliphatic carbocycles. The third-order valence-corrected chi connectivity index (χ3v) is 4.47. The highest BCUT2D eigenvalue weighted by Gasteiger charge is 2.27. The fourth-order valence-electron chi connectivity index (χ4n) is 2.61. The first kappa shape index (κ1) is 15.7. The van der Waals surface area contributed by atoms with E-state index in [0.29, 0.717) is 0 Å². The van der Waals surface area contributed by atoms with Crippen LogP contribution in [0.25, 0.3) is 0 Å². The molecule has 0 saturated carbocycles. The maximum atomic E-state index is 6.49. The summed E-state index contributed by atoms with van der Waals surface area (Å²) in [4.78, 5) is 2.42. The third kappa shape index (κ3) is 3.89. The summed E-state index contributed by atoms with van der Waals surface area (Å²) in [6, 6.07) is 6.46. The quantitative estimate of drug-likeness (QED) is 0.893. The number of anilines is 1. The van der Waals surface area contributed by atoms with Gasteiger partial charge in [0.25, 0.3) is 0 Å². The highest BCUT2D eigenvalue weighted by Crippen LogP contribution is 2.33. The van der Waals surface area contributed by atoms with Crippen molar-refractivity contribution in [3.05, 3.63) is 28.8 Å². The number of nitrogens with one attached hydrogen (secondary N) is 1. The first-order valence-corrected chi connectivity index (χ1v) is 7.92. The highest BCUT2D eigenvalue weighted by molar-refractivity contribution is 6.33. The molecule has 1 heterocycles. The number of rotatable bonds is 3. The Balaban J connectivity index is 2.07. The molecule has 2 atom stereocenters. The summed E-state index contributed by atoms with van der Waals surface area (Å²) in [5.41, 5.74) is 2.56. The molecular weight excluding hydrogens is 268 g/mol. The molecule has 2 rings (SSSR count). The highest BCUT2D eigenvalue weighted by atomic mass is 35.5. The largest absolute Gasteiger partial charge is 0.370 e. The molecule has 1 aliphatic rings. The van der Waals surface area contributed by atoms with Gasteiger partial charge in [0.05, 0.1) is 10.7 Å². The second-order valence-electron chi connectivity index (χ2n) is 7.25. The van der Waals surface area contributed by atoms with Gasteiger partial charge < -0.3 is 10.2 Å². The maximum absolute atomic E-state index is 6.49. The van der Waals surface area contributed by atoms with E-state index in [1.165, 1.54) is 11.3 Å². The molecule has 1 saturated heterocycles. The maximum Gasteiger partial charge on any atom is 0.0642 e. The van der Waals surface area contributed by atoms with Gasteiger partial charge in [-0.15, -0.1) is 0 Å². The van der Waals surface area contributed by atoms with Crippen molar-refractivity contribution in [1.82, 2.24) is 5.32 Å². The lowest BCUT2D eigenvalue weighted by Gasteiger charge is -2.22. The predicted octanol–water partition coefficient (Wildman–Crippen LogP) is 4.32. The van der Waals surface area contributed by atoms with Crippen LogP contribution in [-0.4, -0.2) is 18.6 Å². The fraction of sp³-hybridized carbons (Fsp3) is 0.647. The summed E-state index contributed by atoms with van der Waals surface area (Å²) >= 11 is 6.49. The van der Waals surface area contributed by atoms with Crippen molar-refractivity contribution in [3.63, 3.8) is 0 Å². The summed E-state index contributed by atoms with van der Waals surface area (Å²) in [5.74, 6) is 1.49. The normalized spacial score (nSPS) is 23.4. The molecule has 1 N–H and O–H groups in total. The van der Waals surface area contributed by atoms with Crippen LogP contribution >= 0.6 is 11.6 Å². The zero-order valence-corrected chi connectivity index (χ0v) is 14.1. The van der Waals surface area contributed by atoms with Crippen molar-refractivity contribution in [2.75, 3.05) is 18.0 Å². The molecule has 112 valence electrons. The van der Waals surface area contributed by atoms with Gasteiger partial charge in [-0.05, 0) is 50.3 Å². The molecule has 1 fully saturated rings. The third-order valence-electron chi connectivity index (χ3n) is 4.16.